The Bertz CT molecular complexity index is 884. The Kier molecular flexibility index (Phi) is 3.96. The van der Waals surface area contributed by atoms with Crippen molar-refractivity contribution in [1.82, 2.24) is 0 Å². The molecule has 1 atom stereocenters. The monoisotopic (exact) mass is 311 g/mol. The maximum absolute atomic E-state index is 12.9. The van der Waals surface area contributed by atoms with E-state index in [1.807, 2.05) is 42.5 Å². The summed E-state index contributed by atoms with van der Waals surface area (Å²) in [5, 5.41) is 1.20. The lowest BCUT2D eigenvalue weighted by molar-refractivity contribution is 0.583. The van der Waals surface area contributed by atoms with Crippen LogP contribution < -0.4 is 5.73 Å². The van der Waals surface area contributed by atoms with Crippen molar-refractivity contribution in [2.75, 3.05) is 6.54 Å². The molecule has 3 nitrogen and oxygen atoms in total. The third-order valence-electron chi connectivity index (χ3n) is 3.83. The second-order valence-electron chi connectivity index (χ2n) is 5.15. The van der Waals surface area contributed by atoms with E-state index in [1.54, 1.807) is 30.3 Å². The molecule has 0 radical (unpaired) electrons. The molecule has 3 rings (SSSR count). The molecule has 4 heteroatoms. The number of hydrogen-bond donors (Lipinski definition) is 1. The molecule has 0 fully saturated rings. The van der Waals surface area contributed by atoms with Crippen molar-refractivity contribution in [3.8, 4) is 0 Å². The fourth-order valence-electron chi connectivity index (χ4n) is 2.73. The molecule has 0 amide bonds. The van der Waals surface area contributed by atoms with Crippen LogP contribution in [0.1, 0.15) is 10.8 Å². The Labute approximate surface area is 130 Å². The third-order valence-corrected chi connectivity index (χ3v) is 5.96. The van der Waals surface area contributed by atoms with Crippen molar-refractivity contribution in [3.63, 3.8) is 0 Å². The van der Waals surface area contributed by atoms with Gasteiger partial charge >= 0.3 is 0 Å². The molecular formula is C18H17NO2S. The predicted molar refractivity (Wildman–Crippen MR) is 89.4 cm³/mol. The topological polar surface area (TPSA) is 60.2 Å². The first-order chi connectivity index (χ1) is 10.6. The molecule has 0 saturated heterocycles. The Morgan fingerprint density at radius 2 is 1.45 bits per heavy atom. The van der Waals surface area contributed by atoms with Crippen LogP contribution >= 0.6 is 0 Å². The quantitative estimate of drug-likeness (QED) is 0.804. The van der Waals surface area contributed by atoms with Gasteiger partial charge in [-0.1, -0.05) is 60.7 Å². The van der Waals surface area contributed by atoms with Crippen molar-refractivity contribution in [2.45, 2.75) is 10.1 Å². The highest BCUT2D eigenvalue weighted by Crippen LogP contribution is 2.32. The summed E-state index contributed by atoms with van der Waals surface area (Å²) in [6.07, 6.45) is 0. The Balaban J connectivity index is 2.19. The van der Waals surface area contributed by atoms with Gasteiger partial charge in [0.1, 0.15) is 5.25 Å². The van der Waals surface area contributed by atoms with E-state index in [1.165, 1.54) is 0 Å². The van der Waals surface area contributed by atoms with Crippen LogP contribution in [0, 0.1) is 0 Å². The van der Waals surface area contributed by atoms with Gasteiger partial charge in [-0.15, -0.1) is 0 Å². The maximum atomic E-state index is 12.9. The molecule has 0 aliphatic carbocycles. The lowest BCUT2D eigenvalue weighted by Crippen LogP contribution is -2.22. The molecule has 112 valence electrons. The number of nitrogens with two attached hydrogens (primary N) is 1. The van der Waals surface area contributed by atoms with Crippen molar-refractivity contribution >= 4 is 20.6 Å². The number of fused-ring (bicyclic) bond motifs is 1. The highest BCUT2D eigenvalue weighted by molar-refractivity contribution is 7.91. The summed E-state index contributed by atoms with van der Waals surface area (Å²) in [6, 6.07) is 21.9. The Hall–Kier alpha value is -2.17. The van der Waals surface area contributed by atoms with Gasteiger partial charge in [-0.05, 0) is 28.5 Å². The van der Waals surface area contributed by atoms with Gasteiger partial charge in [0.25, 0.3) is 0 Å². The molecule has 2 N–H and O–H groups in total. The number of benzene rings is 3. The average Bonchev–Trinajstić information content (AvgIpc) is 2.56. The zero-order valence-corrected chi connectivity index (χ0v) is 12.8. The van der Waals surface area contributed by atoms with Gasteiger partial charge in [-0.25, -0.2) is 8.42 Å². The van der Waals surface area contributed by atoms with Gasteiger partial charge in [0.15, 0.2) is 9.84 Å². The van der Waals surface area contributed by atoms with E-state index in [4.69, 9.17) is 5.73 Å². The summed E-state index contributed by atoms with van der Waals surface area (Å²) in [4.78, 5) is 0.304. The van der Waals surface area contributed by atoms with E-state index in [2.05, 4.69) is 0 Å². The van der Waals surface area contributed by atoms with E-state index in [-0.39, 0.29) is 6.54 Å². The van der Waals surface area contributed by atoms with Crippen LogP contribution in [0.15, 0.2) is 77.7 Å². The van der Waals surface area contributed by atoms with E-state index in [0.29, 0.717) is 4.90 Å². The SMILES string of the molecule is NCC(c1cccc2ccccc12)S(=O)(=O)c1ccccc1. The zero-order valence-electron chi connectivity index (χ0n) is 12.0. The lowest BCUT2D eigenvalue weighted by atomic mass is 10.0. The van der Waals surface area contributed by atoms with Gasteiger partial charge < -0.3 is 5.73 Å². The highest BCUT2D eigenvalue weighted by atomic mass is 32.2. The molecule has 0 bridgehead atoms. The largest absolute Gasteiger partial charge is 0.329 e. The van der Waals surface area contributed by atoms with Gasteiger partial charge in [0.2, 0.25) is 0 Å². The predicted octanol–water partition coefficient (Wildman–Crippen LogP) is 3.31. The van der Waals surface area contributed by atoms with E-state index >= 15 is 0 Å². The van der Waals surface area contributed by atoms with Crippen LogP contribution in [0.3, 0.4) is 0 Å². The minimum atomic E-state index is -3.52. The average molecular weight is 311 g/mol. The maximum Gasteiger partial charge on any atom is 0.186 e. The van der Waals surface area contributed by atoms with Crippen LogP contribution in [0.4, 0.5) is 0 Å². The number of rotatable bonds is 4. The van der Waals surface area contributed by atoms with Gasteiger partial charge in [0, 0.05) is 6.54 Å². The molecular weight excluding hydrogens is 294 g/mol. The molecule has 0 aromatic heterocycles. The first kappa shape index (κ1) is 14.8. The normalized spacial score (nSPS) is 13.1. The molecule has 22 heavy (non-hydrogen) atoms. The van der Waals surface area contributed by atoms with Gasteiger partial charge in [-0.3, -0.25) is 0 Å². The second-order valence-corrected chi connectivity index (χ2v) is 7.28. The fourth-order valence-corrected chi connectivity index (χ4v) is 4.38. The van der Waals surface area contributed by atoms with Gasteiger partial charge in [0.05, 0.1) is 4.90 Å². The first-order valence-electron chi connectivity index (χ1n) is 7.11. The minimum absolute atomic E-state index is 0.0469. The van der Waals surface area contributed by atoms with Crippen LogP contribution in [-0.4, -0.2) is 15.0 Å². The van der Waals surface area contributed by atoms with Crippen LogP contribution in [0.25, 0.3) is 10.8 Å². The Morgan fingerprint density at radius 1 is 0.818 bits per heavy atom. The molecule has 0 spiro atoms. The molecule has 3 aromatic carbocycles. The molecule has 0 heterocycles. The summed E-state index contributed by atoms with van der Waals surface area (Å²) in [7, 11) is -3.52. The van der Waals surface area contributed by atoms with E-state index < -0.39 is 15.1 Å². The molecule has 3 aromatic rings. The molecule has 1 unspecified atom stereocenters. The van der Waals surface area contributed by atoms with E-state index in [0.717, 1.165) is 16.3 Å². The van der Waals surface area contributed by atoms with Crippen LogP contribution in [-0.2, 0) is 9.84 Å². The van der Waals surface area contributed by atoms with Crippen LogP contribution in [0.5, 0.6) is 0 Å². The summed E-state index contributed by atoms with van der Waals surface area (Å²) in [5.74, 6) is 0. The van der Waals surface area contributed by atoms with E-state index in [9.17, 15) is 8.42 Å². The summed E-state index contributed by atoms with van der Waals surface area (Å²) < 4.78 is 25.9. The summed E-state index contributed by atoms with van der Waals surface area (Å²) in [6.45, 7) is 0.0469. The smallest absolute Gasteiger partial charge is 0.186 e. The van der Waals surface area contributed by atoms with Crippen molar-refractivity contribution in [3.05, 3.63) is 78.4 Å². The first-order valence-corrected chi connectivity index (χ1v) is 8.66. The summed E-state index contributed by atoms with van der Waals surface area (Å²) in [5.41, 5.74) is 6.59. The number of sulfone groups is 1. The molecule has 0 saturated carbocycles. The molecule has 0 aliphatic heterocycles. The molecule has 0 aliphatic rings. The standard InChI is InChI=1S/C18H17NO2S/c19-13-18(22(20,21)15-9-2-1-3-10-15)17-12-6-8-14-7-4-5-11-16(14)17/h1-12,18H,13,19H2. The zero-order chi connectivity index (χ0) is 15.6. The third kappa shape index (κ3) is 2.51. The number of hydrogen-bond acceptors (Lipinski definition) is 3. The fraction of sp³-hybridized carbons (Fsp3) is 0.111. The second kappa shape index (κ2) is 5.91. The van der Waals surface area contributed by atoms with Crippen molar-refractivity contribution < 1.29 is 8.42 Å². The highest BCUT2D eigenvalue weighted by Gasteiger charge is 2.28. The van der Waals surface area contributed by atoms with Crippen molar-refractivity contribution in [2.24, 2.45) is 5.73 Å². The van der Waals surface area contributed by atoms with Crippen molar-refractivity contribution in [1.29, 1.82) is 0 Å². The van der Waals surface area contributed by atoms with Gasteiger partial charge in [-0.2, -0.15) is 0 Å². The summed E-state index contributed by atoms with van der Waals surface area (Å²) >= 11 is 0. The Morgan fingerprint density at radius 3 is 2.18 bits per heavy atom. The minimum Gasteiger partial charge on any atom is -0.329 e. The lowest BCUT2D eigenvalue weighted by Gasteiger charge is -2.18. The van der Waals surface area contributed by atoms with Crippen LogP contribution in [0.2, 0.25) is 0 Å².